The van der Waals surface area contributed by atoms with Crippen molar-refractivity contribution in [2.24, 2.45) is 0 Å². The van der Waals surface area contributed by atoms with Crippen LogP contribution in [0.2, 0.25) is 0 Å². The number of rotatable bonds is 7. The van der Waals surface area contributed by atoms with Gasteiger partial charge in [0.05, 0.1) is 6.61 Å². The molecule has 5 nitrogen and oxygen atoms in total. The van der Waals surface area contributed by atoms with Crippen LogP contribution in [0, 0.1) is 6.92 Å². The van der Waals surface area contributed by atoms with Gasteiger partial charge in [-0.1, -0.05) is 31.2 Å². The van der Waals surface area contributed by atoms with Crippen molar-refractivity contribution >= 4 is 23.2 Å². The fourth-order valence-corrected chi connectivity index (χ4v) is 2.82. The molecular formula is C24H24N2O3. The molecule has 2 N–H and O–H groups in total. The zero-order valence-electron chi connectivity index (χ0n) is 16.6. The number of benzene rings is 3. The number of carbonyl (C=O) groups is 2. The van der Waals surface area contributed by atoms with Gasteiger partial charge in [0.25, 0.3) is 11.8 Å². The van der Waals surface area contributed by atoms with E-state index in [2.05, 4.69) is 10.6 Å². The van der Waals surface area contributed by atoms with Gasteiger partial charge in [-0.15, -0.1) is 0 Å². The fraction of sp³-hybridized carbons (Fsp3) is 0.167. The molecule has 0 bridgehead atoms. The molecular weight excluding hydrogens is 364 g/mol. The number of anilines is 2. The Labute approximate surface area is 170 Å². The van der Waals surface area contributed by atoms with Crippen molar-refractivity contribution in [2.45, 2.75) is 20.3 Å². The van der Waals surface area contributed by atoms with Crippen LogP contribution in [0.5, 0.6) is 5.75 Å². The van der Waals surface area contributed by atoms with Crippen LogP contribution in [0.15, 0.2) is 72.8 Å². The summed E-state index contributed by atoms with van der Waals surface area (Å²) in [6.07, 6.45) is 0.906. The van der Waals surface area contributed by atoms with Crippen molar-refractivity contribution in [3.63, 3.8) is 0 Å². The highest BCUT2D eigenvalue weighted by Gasteiger charge is 2.10. The van der Waals surface area contributed by atoms with E-state index in [0.29, 0.717) is 34.9 Å². The average molecular weight is 388 g/mol. The molecule has 0 unspecified atom stereocenters. The van der Waals surface area contributed by atoms with Crippen LogP contribution in [0.4, 0.5) is 11.4 Å². The molecule has 0 heterocycles. The number of amides is 2. The van der Waals surface area contributed by atoms with Gasteiger partial charge in [-0.05, 0) is 67.4 Å². The quantitative estimate of drug-likeness (QED) is 0.578. The highest BCUT2D eigenvalue weighted by atomic mass is 16.5. The summed E-state index contributed by atoms with van der Waals surface area (Å²) in [5.41, 5.74) is 3.33. The summed E-state index contributed by atoms with van der Waals surface area (Å²) in [6, 6.07) is 21.5. The third-order valence-electron chi connectivity index (χ3n) is 4.34. The molecule has 3 aromatic carbocycles. The maximum atomic E-state index is 12.6. The van der Waals surface area contributed by atoms with E-state index >= 15 is 0 Å². The summed E-state index contributed by atoms with van der Waals surface area (Å²) >= 11 is 0. The van der Waals surface area contributed by atoms with Gasteiger partial charge in [-0.3, -0.25) is 9.59 Å². The number of carbonyl (C=O) groups excluding carboxylic acids is 2. The third kappa shape index (κ3) is 5.45. The first-order chi connectivity index (χ1) is 14.1. The molecule has 0 aliphatic carbocycles. The summed E-state index contributed by atoms with van der Waals surface area (Å²) in [6.45, 7) is 4.53. The van der Waals surface area contributed by atoms with Crippen molar-refractivity contribution in [1.29, 1.82) is 0 Å². The molecule has 0 spiro atoms. The van der Waals surface area contributed by atoms with E-state index in [1.54, 1.807) is 42.5 Å². The van der Waals surface area contributed by atoms with E-state index in [1.807, 2.05) is 44.2 Å². The lowest BCUT2D eigenvalue weighted by atomic mass is 10.1. The Morgan fingerprint density at radius 1 is 0.828 bits per heavy atom. The molecule has 0 radical (unpaired) electrons. The average Bonchev–Trinajstić information content (AvgIpc) is 2.75. The van der Waals surface area contributed by atoms with Crippen molar-refractivity contribution in [3.05, 3.63) is 89.5 Å². The minimum Gasteiger partial charge on any atom is -0.494 e. The molecule has 0 atom stereocenters. The van der Waals surface area contributed by atoms with Gasteiger partial charge in [0.15, 0.2) is 0 Å². The van der Waals surface area contributed by atoms with Crippen molar-refractivity contribution in [1.82, 2.24) is 0 Å². The predicted molar refractivity (Wildman–Crippen MR) is 116 cm³/mol. The third-order valence-corrected chi connectivity index (χ3v) is 4.34. The highest BCUT2D eigenvalue weighted by molar-refractivity contribution is 6.06. The van der Waals surface area contributed by atoms with Gasteiger partial charge in [0, 0.05) is 22.5 Å². The van der Waals surface area contributed by atoms with Crippen LogP contribution in [0.1, 0.15) is 39.6 Å². The molecule has 29 heavy (non-hydrogen) atoms. The molecule has 3 rings (SSSR count). The van der Waals surface area contributed by atoms with E-state index in [1.165, 1.54) is 0 Å². The second kappa shape index (κ2) is 9.55. The minimum atomic E-state index is -0.215. The Balaban J connectivity index is 1.67. The molecule has 148 valence electrons. The Morgan fingerprint density at radius 2 is 1.55 bits per heavy atom. The van der Waals surface area contributed by atoms with E-state index < -0.39 is 0 Å². The Kier molecular flexibility index (Phi) is 6.63. The zero-order chi connectivity index (χ0) is 20.6. The van der Waals surface area contributed by atoms with Crippen LogP contribution in [-0.2, 0) is 0 Å². The molecule has 5 heteroatoms. The first kappa shape index (κ1) is 20.1. The largest absolute Gasteiger partial charge is 0.494 e. The van der Waals surface area contributed by atoms with Crippen molar-refractivity contribution < 1.29 is 14.3 Å². The molecule has 0 fully saturated rings. The monoisotopic (exact) mass is 388 g/mol. The summed E-state index contributed by atoms with van der Waals surface area (Å²) < 4.78 is 5.58. The van der Waals surface area contributed by atoms with Crippen LogP contribution in [0.3, 0.4) is 0 Å². The lowest BCUT2D eigenvalue weighted by molar-refractivity contribution is 0.101. The van der Waals surface area contributed by atoms with Gasteiger partial charge >= 0.3 is 0 Å². The predicted octanol–water partition coefficient (Wildman–Crippen LogP) is 5.29. The van der Waals surface area contributed by atoms with Crippen molar-refractivity contribution in [2.75, 3.05) is 17.2 Å². The Bertz CT molecular complexity index is 1000. The topological polar surface area (TPSA) is 67.4 Å². The minimum absolute atomic E-state index is 0.172. The molecule has 0 saturated carbocycles. The van der Waals surface area contributed by atoms with Gasteiger partial charge in [-0.25, -0.2) is 0 Å². The summed E-state index contributed by atoms with van der Waals surface area (Å²) in [5.74, 6) is 0.288. The number of aryl methyl sites for hydroxylation is 1. The first-order valence-corrected chi connectivity index (χ1v) is 9.58. The number of ether oxygens (including phenoxy) is 1. The summed E-state index contributed by atoms with van der Waals surface area (Å²) in [7, 11) is 0. The highest BCUT2D eigenvalue weighted by Crippen LogP contribution is 2.22. The van der Waals surface area contributed by atoms with E-state index in [4.69, 9.17) is 4.74 Å². The van der Waals surface area contributed by atoms with Crippen LogP contribution >= 0.6 is 0 Å². The summed E-state index contributed by atoms with van der Waals surface area (Å²) in [5, 5.41) is 5.78. The molecule has 0 saturated heterocycles. The van der Waals surface area contributed by atoms with Gasteiger partial charge < -0.3 is 15.4 Å². The normalized spacial score (nSPS) is 10.3. The van der Waals surface area contributed by atoms with Gasteiger partial charge in [0.1, 0.15) is 5.75 Å². The maximum absolute atomic E-state index is 12.6. The molecule has 0 aliphatic rings. The van der Waals surface area contributed by atoms with E-state index in [0.717, 1.165) is 12.0 Å². The molecule has 0 aromatic heterocycles. The van der Waals surface area contributed by atoms with Gasteiger partial charge in [0.2, 0.25) is 0 Å². The fourth-order valence-electron chi connectivity index (χ4n) is 2.82. The lowest BCUT2D eigenvalue weighted by Gasteiger charge is -2.12. The number of hydrogen-bond acceptors (Lipinski definition) is 3. The standard InChI is InChI=1S/C24H24N2O3/c1-3-14-29-21-11-7-10-19(16-21)24(28)25-20-12-13-22(17(2)15-20)26-23(27)18-8-5-4-6-9-18/h4-13,15-16H,3,14H2,1-2H3,(H,25,28)(H,26,27). The van der Waals surface area contributed by atoms with E-state index in [9.17, 15) is 9.59 Å². The second-order valence-electron chi connectivity index (χ2n) is 6.68. The Hall–Kier alpha value is -3.60. The lowest BCUT2D eigenvalue weighted by Crippen LogP contribution is -2.14. The second-order valence-corrected chi connectivity index (χ2v) is 6.68. The van der Waals surface area contributed by atoms with Crippen LogP contribution < -0.4 is 15.4 Å². The van der Waals surface area contributed by atoms with Gasteiger partial charge in [-0.2, -0.15) is 0 Å². The van der Waals surface area contributed by atoms with Crippen LogP contribution in [0.25, 0.3) is 0 Å². The molecule has 3 aromatic rings. The first-order valence-electron chi connectivity index (χ1n) is 9.58. The molecule has 2 amide bonds. The summed E-state index contributed by atoms with van der Waals surface area (Å²) in [4.78, 5) is 24.9. The van der Waals surface area contributed by atoms with E-state index in [-0.39, 0.29) is 11.8 Å². The van der Waals surface area contributed by atoms with Crippen molar-refractivity contribution in [3.8, 4) is 5.75 Å². The number of nitrogens with one attached hydrogen (secondary N) is 2. The van der Waals surface area contributed by atoms with Crippen LogP contribution in [-0.4, -0.2) is 18.4 Å². The zero-order valence-corrected chi connectivity index (χ0v) is 16.6. The number of hydrogen-bond donors (Lipinski definition) is 2. The maximum Gasteiger partial charge on any atom is 0.255 e. The SMILES string of the molecule is CCCOc1cccc(C(=O)Nc2ccc(NC(=O)c3ccccc3)c(C)c2)c1. The molecule has 0 aliphatic heterocycles. The Morgan fingerprint density at radius 3 is 2.28 bits per heavy atom. The smallest absolute Gasteiger partial charge is 0.255 e.